The molecule has 0 amide bonds. The van der Waals surface area contributed by atoms with Crippen LogP contribution in [0.5, 0.6) is 11.5 Å². The number of methoxy groups -OCH3 is 2. The van der Waals surface area contributed by atoms with E-state index in [0.29, 0.717) is 30.0 Å². The van der Waals surface area contributed by atoms with Crippen LogP contribution in [0.25, 0.3) is 0 Å². The summed E-state index contributed by atoms with van der Waals surface area (Å²) < 4.78 is 10.6. The summed E-state index contributed by atoms with van der Waals surface area (Å²) in [6.07, 6.45) is 1.10. The smallest absolute Gasteiger partial charge is 0.188 e. The van der Waals surface area contributed by atoms with Crippen molar-refractivity contribution in [1.29, 1.82) is 0 Å². The Kier molecular flexibility index (Phi) is 8.22. The van der Waals surface area contributed by atoms with Crippen LogP contribution in [0, 0.1) is 0 Å². The second kappa shape index (κ2) is 10.4. The van der Waals surface area contributed by atoms with Crippen molar-refractivity contribution >= 4 is 35.6 Å². The molecule has 2 aromatic carbocycles. The second-order valence-corrected chi connectivity index (χ2v) is 6.69. The topological polar surface area (TPSA) is 72.1 Å². The predicted octanol–water partition coefficient (Wildman–Crippen LogP) is 3.18. The fourth-order valence-corrected chi connectivity index (χ4v) is 3.49. The third kappa shape index (κ3) is 5.21. The summed E-state index contributed by atoms with van der Waals surface area (Å²) in [4.78, 5) is 6.84. The van der Waals surface area contributed by atoms with E-state index >= 15 is 0 Å². The van der Waals surface area contributed by atoms with Gasteiger partial charge in [-0.3, -0.25) is 0 Å². The molecule has 1 aliphatic rings. The van der Waals surface area contributed by atoms with Gasteiger partial charge >= 0.3 is 0 Å². The molecule has 1 unspecified atom stereocenters. The Morgan fingerprint density at radius 2 is 1.93 bits per heavy atom. The minimum atomic E-state index is 0. The van der Waals surface area contributed by atoms with Gasteiger partial charge in [0.25, 0.3) is 0 Å². The van der Waals surface area contributed by atoms with Gasteiger partial charge < -0.3 is 25.4 Å². The molecular formula is C21H29IN4O2. The first-order chi connectivity index (χ1) is 13.1. The average molecular weight is 496 g/mol. The molecule has 3 rings (SSSR count). The van der Waals surface area contributed by atoms with E-state index in [4.69, 9.17) is 15.2 Å². The fourth-order valence-electron chi connectivity index (χ4n) is 3.49. The highest BCUT2D eigenvalue weighted by Gasteiger charge is 2.24. The number of hydrogen-bond acceptors (Lipinski definition) is 4. The first kappa shape index (κ1) is 22.1. The number of fused-ring (bicyclic) bond motifs is 1. The molecule has 0 saturated carbocycles. The van der Waals surface area contributed by atoms with E-state index in [2.05, 4.69) is 46.4 Å². The third-order valence-electron chi connectivity index (χ3n) is 4.89. The van der Waals surface area contributed by atoms with E-state index in [1.165, 1.54) is 11.3 Å². The van der Waals surface area contributed by atoms with Crippen molar-refractivity contribution in [1.82, 2.24) is 5.32 Å². The van der Waals surface area contributed by atoms with Crippen LogP contribution in [-0.4, -0.2) is 39.3 Å². The quantitative estimate of drug-likeness (QED) is 0.350. The van der Waals surface area contributed by atoms with Crippen molar-refractivity contribution in [3.8, 4) is 11.5 Å². The van der Waals surface area contributed by atoms with Crippen LogP contribution in [0.4, 0.5) is 5.69 Å². The van der Waals surface area contributed by atoms with Crippen molar-refractivity contribution < 1.29 is 9.47 Å². The number of rotatable bonds is 7. The molecule has 0 fully saturated rings. The molecule has 1 aliphatic heterocycles. The molecule has 7 heteroatoms. The van der Waals surface area contributed by atoms with E-state index in [9.17, 15) is 0 Å². The predicted molar refractivity (Wildman–Crippen MR) is 125 cm³/mol. The molecule has 1 heterocycles. The molecule has 6 nitrogen and oxygen atoms in total. The lowest BCUT2D eigenvalue weighted by atomic mass is 10.1. The summed E-state index contributed by atoms with van der Waals surface area (Å²) in [6.45, 7) is 4.39. The molecule has 0 aromatic heterocycles. The van der Waals surface area contributed by atoms with E-state index in [1.807, 2.05) is 18.2 Å². The number of hydrogen-bond donors (Lipinski definition) is 2. The minimum absolute atomic E-state index is 0. The van der Waals surface area contributed by atoms with Gasteiger partial charge in [0.15, 0.2) is 17.5 Å². The van der Waals surface area contributed by atoms with Crippen LogP contribution in [0.15, 0.2) is 47.5 Å². The Balaban J connectivity index is 0.00000280. The largest absolute Gasteiger partial charge is 0.493 e. The van der Waals surface area contributed by atoms with Crippen LogP contribution >= 0.6 is 24.0 Å². The number of nitrogens with zero attached hydrogens (tertiary/aromatic N) is 2. The second-order valence-electron chi connectivity index (χ2n) is 6.69. The maximum Gasteiger partial charge on any atom is 0.188 e. The summed E-state index contributed by atoms with van der Waals surface area (Å²) in [5.41, 5.74) is 9.78. The fraction of sp³-hybridized carbons (Fsp3) is 0.381. The zero-order valence-corrected chi connectivity index (χ0v) is 19.0. The molecule has 2 aromatic rings. The number of para-hydroxylation sites is 1. The third-order valence-corrected chi connectivity index (χ3v) is 4.89. The Morgan fingerprint density at radius 3 is 2.68 bits per heavy atom. The Morgan fingerprint density at radius 1 is 1.18 bits per heavy atom. The summed E-state index contributed by atoms with van der Waals surface area (Å²) in [5, 5.41) is 3.21. The molecule has 0 radical (unpaired) electrons. The molecular weight excluding hydrogens is 467 g/mol. The van der Waals surface area contributed by atoms with Gasteiger partial charge in [0.1, 0.15) is 0 Å². The number of aliphatic imine (C=N–C) groups is 1. The van der Waals surface area contributed by atoms with Gasteiger partial charge in [0.2, 0.25) is 0 Å². The van der Waals surface area contributed by atoms with Crippen molar-refractivity contribution in [2.45, 2.75) is 25.9 Å². The van der Waals surface area contributed by atoms with Gasteiger partial charge in [-0.25, -0.2) is 4.99 Å². The van der Waals surface area contributed by atoms with Crippen molar-refractivity contribution in [3.05, 3.63) is 53.6 Å². The monoisotopic (exact) mass is 496 g/mol. The number of ether oxygens (including phenoxy) is 2. The van der Waals surface area contributed by atoms with Crippen LogP contribution in [0.2, 0.25) is 0 Å². The zero-order chi connectivity index (χ0) is 19.2. The number of halogens is 1. The number of anilines is 1. The van der Waals surface area contributed by atoms with Crippen LogP contribution in [0.3, 0.4) is 0 Å². The molecule has 28 heavy (non-hydrogen) atoms. The molecule has 3 N–H and O–H groups in total. The van der Waals surface area contributed by atoms with Crippen molar-refractivity contribution in [3.63, 3.8) is 0 Å². The maximum atomic E-state index is 6.03. The van der Waals surface area contributed by atoms with E-state index in [-0.39, 0.29) is 24.0 Å². The minimum Gasteiger partial charge on any atom is -0.493 e. The Hall–Kier alpha value is -2.16. The SMILES string of the molecule is COc1ccc(CN=C(N)NCCN2c3ccccc3CC2C)cc1OC.I. The normalized spacial score (nSPS) is 15.6. The van der Waals surface area contributed by atoms with Gasteiger partial charge in [-0.1, -0.05) is 24.3 Å². The van der Waals surface area contributed by atoms with Crippen molar-refractivity contribution in [2.24, 2.45) is 10.7 Å². The maximum absolute atomic E-state index is 6.03. The lowest BCUT2D eigenvalue weighted by Crippen LogP contribution is -2.40. The van der Waals surface area contributed by atoms with Gasteiger partial charge in [-0.15, -0.1) is 24.0 Å². The first-order valence-electron chi connectivity index (χ1n) is 9.21. The highest BCUT2D eigenvalue weighted by Crippen LogP contribution is 2.31. The van der Waals surface area contributed by atoms with E-state index in [0.717, 1.165) is 25.1 Å². The Bertz CT molecular complexity index is 813. The number of nitrogens with two attached hydrogens (primary N) is 1. The average Bonchev–Trinajstić information content (AvgIpc) is 3.01. The Labute approximate surface area is 184 Å². The molecule has 0 aliphatic carbocycles. The lowest BCUT2D eigenvalue weighted by molar-refractivity contribution is 0.354. The highest BCUT2D eigenvalue weighted by atomic mass is 127. The zero-order valence-electron chi connectivity index (χ0n) is 16.6. The highest BCUT2D eigenvalue weighted by molar-refractivity contribution is 14.0. The lowest BCUT2D eigenvalue weighted by Gasteiger charge is -2.25. The molecule has 1 atom stereocenters. The summed E-state index contributed by atoms with van der Waals surface area (Å²) in [5.74, 6) is 1.85. The summed E-state index contributed by atoms with van der Waals surface area (Å²) in [7, 11) is 3.25. The molecule has 0 bridgehead atoms. The molecule has 0 saturated heterocycles. The molecule has 0 spiro atoms. The van der Waals surface area contributed by atoms with Gasteiger partial charge in [-0.05, 0) is 42.7 Å². The van der Waals surface area contributed by atoms with Crippen LogP contribution < -0.4 is 25.4 Å². The number of nitrogens with one attached hydrogen (secondary N) is 1. The van der Waals surface area contributed by atoms with Gasteiger partial charge in [0, 0.05) is 24.8 Å². The number of benzene rings is 2. The van der Waals surface area contributed by atoms with Gasteiger partial charge in [0.05, 0.1) is 20.8 Å². The van der Waals surface area contributed by atoms with E-state index in [1.54, 1.807) is 14.2 Å². The summed E-state index contributed by atoms with van der Waals surface area (Å²) in [6, 6.07) is 14.8. The molecule has 152 valence electrons. The van der Waals surface area contributed by atoms with Crippen molar-refractivity contribution in [2.75, 3.05) is 32.2 Å². The summed E-state index contributed by atoms with van der Waals surface area (Å²) >= 11 is 0. The first-order valence-corrected chi connectivity index (χ1v) is 9.21. The number of guanidine groups is 1. The standard InChI is InChI=1S/C21H28N4O2.HI/c1-15-12-17-6-4-5-7-18(17)25(15)11-10-23-21(22)24-14-16-8-9-19(26-2)20(13-16)27-3;/h4-9,13,15H,10-12,14H2,1-3H3,(H3,22,23,24);1H. The van der Waals surface area contributed by atoms with Crippen LogP contribution in [0.1, 0.15) is 18.1 Å². The van der Waals surface area contributed by atoms with Gasteiger partial charge in [-0.2, -0.15) is 0 Å². The van der Waals surface area contributed by atoms with Crippen LogP contribution in [-0.2, 0) is 13.0 Å². The van der Waals surface area contributed by atoms with E-state index < -0.39 is 0 Å².